The van der Waals surface area contributed by atoms with Crippen LogP contribution in [0.3, 0.4) is 0 Å². The molecule has 1 saturated carbocycles. The fourth-order valence-corrected chi connectivity index (χ4v) is 8.49. The van der Waals surface area contributed by atoms with E-state index >= 15 is 0 Å². The molecule has 0 radical (unpaired) electrons. The van der Waals surface area contributed by atoms with Gasteiger partial charge in [-0.25, -0.2) is 9.29 Å². The van der Waals surface area contributed by atoms with Crippen molar-refractivity contribution in [2.24, 2.45) is 29.1 Å². The van der Waals surface area contributed by atoms with Gasteiger partial charge in [0.1, 0.15) is 18.2 Å². The Morgan fingerprint density at radius 3 is 2.42 bits per heavy atom. The Morgan fingerprint density at radius 2 is 1.69 bits per heavy atom. The molecule has 2 saturated heterocycles. The fourth-order valence-electron chi connectivity index (χ4n) is 8.31. The van der Waals surface area contributed by atoms with Crippen molar-refractivity contribution in [3.63, 3.8) is 0 Å². The van der Waals surface area contributed by atoms with Crippen molar-refractivity contribution in [2.45, 2.75) is 25.7 Å². The molecule has 246 valence electrons. The number of aliphatic hydroxyl groups excluding tert-OH is 1. The van der Waals surface area contributed by atoms with Crippen LogP contribution in [0.15, 0.2) is 78.4 Å². The second-order valence-electron chi connectivity index (χ2n) is 12.9. The number of benzene rings is 3. The summed E-state index contributed by atoms with van der Waals surface area (Å²) in [7, 11) is -1.80. The lowest BCUT2D eigenvalue weighted by atomic mass is 9.51. The van der Waals surface area contributed by atoms with Crippen molar-refractivity contribution in [3.05, 3.63) is 94.8 Å². The van der Waals surface area contributed by atoms with Crippen molar-refractivity contribution < 1.29 is 43.5 Å². The number of nitrogens with zero attached hydrogens (tertiary/aromatic N) is 2. The van der Waals surface area contributed by atoms with Crippen LogP contribution in [0.2, 0.25) is 5.02 Å². The molecular weight excluding hydrogens is 642 g/mol. The zero-order chi connectivity index (χ0) is 34.1. The Bertz CT molecular complexity index is 1900. The van der Waals surface area contributed by atoms with E-state index in [0.29, 0.717) is 11.3 Å². The van der Waals surface area contributed by atoms with Gasteiger partial charge in [0.15, 0.2) is 0 Å². The SMILES string of the molecule is CC12C(=O)N(c3ccc(F)c(Cl)c3)C(=O)C1CC1C(=CCC3C(=O)N(c4cccc(B(O)O)c4)C(=O)C31)C2c1ccccc1OCCO. The molecule has 2 aliphatic carbocycles. The van der Waals surface area contributed by atoms with Crippen LogP contribution in [0.4, 0.5) is 15.8 Å². The van der Waals surface area contributed by atoms with Gasteiger partial charge in [-0.2, -0.15) is 0 Å². The lowest BCUT2D eigenvalue weighted by Crippen LogP contribution is -2.49. The van der Waals surface area contributed by atoms with Gasteiger partial charge in [0.2, 0.25) is 23.6 Å². The highest BCUT2D eigenvalue weighted by Crippen LogP contribution is 2.64. The van der Waals surface area contributed by atoms with Crippen LogP contribution in [-0.2, 0) is 19.2 Å². The Hall–Kier alpha value is -4.36. The number of ether oxygens (including phenoxy) is 1. The zero-order valence-electron chi connectivity index (χ0n) is 25.8. The lowest BCUT2D eigenvalue weighted by Gasteiger charge is -2.49. The number of aliphatic hydroxyl groups is 1. The molecule has 2 aliphatic heterocycles. The van der Waals surface area contributed by atoms with Gasteiger partial charge in [-0.05, 0) is 67.5 Å². The van der Waals surface area contributed by atoms with E-state index in [1.165, 1.54) is 30.3 Å². The van der Waals surface area contributed by atoms with Crippen LogP contribution < -0.4 is 20.0 Å². The molecule has 4 amide bonds. The van der Waals surface area contributed by atoms with Crippen LogP contribution >= 0.6 is 11.6 Å². The number of anilines is 2. The molecule has 10 nitrogen and oxygen atoms in total. The average Bonchev–Trinajstić information content (AvgIpc) is 3.44. The largest absolute Gasteiger partial charge is 0.491 e. The Kier molecular flexibility index (Phi) is 8.02. The third kappa shape index (κ3) is 4.73. The number of imide groups is 2. The van der Waals surface area contributed by atoms with E-state index in [0.717, 1.165) is 21.4 Å². The molecular formula is C35H31BClFN2O8. The van der Waals surface area contributed by atoms with Crippen LogP contribution in [0.5, 0.6) is 5.75 Å². The maximum Gasteiger partial charge on any atom is 0.488 e. The third-order valence-corrected chi connectivity index (χ3v) is 10.7. The highest BCUT2D eigenvalue weighted by atomic mass is 35.5. The molecule has 13 heteroatoms. The monoisotopic (exact) mass is 672 g/mol. The molecule has 7 rings (SSSR count). The summed E-state index contributed by atoms with van der Waals surface area (Å²) in [4.78, 5) is 59.3. The molecule has 0 aromatic heterocycles. The van der Waals surface area contributed by atoms with Crippen molar-refractivity contribution in [3.8, 4) is 5.75 Å². The lowest BCUT2D eigenvalue weighted by molar-refractivity contribution is -0.131. The second kappa shape index (κ2) is 12.0. The van der Waals surface area contributed by atoms with E-state index in [1.54, 1.807) is 37.3 Å². The molecule has 3 N–H and O–H groups in total. The van der Waals surface area contributed by atoms with Crippen molar-refractivity contribution in [1.82, 2.24) is 0 Å². The third-order valence-electron chi connectivity index (χ3n) is 10.4. The number of amides is 4. The van der Waals surface area contributed by atoms with Gasteiger partial charge < -0.3 is 19.9 Å². The highest BCUT2D eigenvalue weighted by Gasteiger charge is 2.68. The minimum Gasteiger partial charge on any atom is -0.491 e. The first-order valence-electron chi connectivity index (χ1n) is 15.7. The first kappa shape index (κ1) is 32.2. The summed E-state index contributed by atoms with van der Waals surface area (Å²) in [6.07, 6.45) is 2.20. The van der Waals surface area contributed by atoms with Crippen molar-refractivity contribution in [2.75, 3.05) is 23.0 Å². The number of carbonyl (C=O) groups excluding carboxylic acids is 4. The van der Waals surface area contributed by atoms with Gasteiger partial charge in [-0.1, -0.05) is 53.6 Å². The molecule has 3 aromatic rings. The predicted octanol–water partition coefficient (Wildman–Crippen LogP) is 2.97. The summed E-state index contributed by atoms with van der Waals surface area (Å²) in [5.41, 5.74) is 0.394. The molecule has 4 aliphatic rings. The van der Waals surface area contributed by atoms with Gasteiger partial charge in [0.05, 0.1) is 46.2 Å². The minimum atomic E-state index is -1.80. The van der Waals surface area contributed by atoms with Crippen LogP contribution in [0.1, 0.15) is 31.2 Å². The number of allylic oxidation sites excluding steroid dienone is 2. The highest BCUT2D eigenvalue weighted by molar-refractivity contribution is 6.58. The summed E-state index contributed by atoms with van der Waals surface area (Å²) < 4.78 is 20.1. The molecule has 6 unspecified atom stereocenters. The average molecular weight is 673 g/mol. The maximum atomic E-state index is 14.6. The summed E-state index contributed by atoms with van der Waals surface area (Å²) in [5, 5.41) is 28.8. The number of hydrogen-bond donors (Lipinski definition) is 3. The topological polar surface area (TPSA) is 145 Å². The summed E-state index contributed by atoms with van der Waals surface area (Å²) in [5.74, 6) is -6.15. The number of hydrogen-bond acceptors (Lipinski definition) is 8. The number of fused-ring (bicyclic) bond motifs is 4. The molecule has 2 heterocycles. The standard InChI is InChI=1S/C35H31BClFN2O8/c1-35-25(32(43)40(34(35)45)20-9-12-27(38)26(37)16-20)17-24-21(30(35)22-7-2-3-8-28(22)48-14-13-41)10-11-23-29(24)33(44)39(31(23)42)19-6-4-5-18(15-19)36(46)47/h2-10,12,15-16,23-25,29-30,41,46-47H,11,13-14,17H2,1H3. The van der Waals surface area contributed by atoms with Crippen LogP contribution in [0, 0.1) is 34.9 Å². The number of carbonyl (C=O) groups is 4. The Labute approximate surface area is 280 Å². The van der Waals surface area contributed by atoms with E-state index in [1.807, 2.05) is 6.08 Å². The number of rotatable bonds is 7. The molecule has 48 heavy (non-hydrogen) atoms. The maximum absolute atomic E-state index is 14.6. The van der Waals surface area contributed by atoms with Gasteiger partial charge >= 0.3 is 7.12 Å². The number of para-hydroxylation sites is 1. The van der Waals surface area contributed by atoms with Crippen molar-refractivity contribution >= 4 is 59.2 Å². The Morgan fingerprint density at radius 1 is 0.938 bits per heavy atom. The summed E-state index contributed by atoms with van der Waals surface area (Å²) >= 11 is 6.08. The van der Waals surface area contributed by atoms with Gasteiger partial charge in [-0.3, -0.25) is 24.1 Å². The second-order valence-corrected chi connectivity index (χ2v) is 13.3. The minimum absolute atomic E-state index is 0.0202. The molecule has 3 aromatic carbocycles. The number of halogens is 2. The summed E-state index contributed by atoms with van der Waals surface area (Å²) in [6, 6.07) is 16.6. The van der Waals surface area contributed by atoms with Crippen LogP contribution in [-0.4, -0.2) is 59.1 Å². The van der Waals surface area contributed by atoms with E-state index in [2.05, 4.69) is 0 Å². The van der Waals surface area contributed by atoms with Crippen LogP contribution in [0.25, 0.3) is 0 Å². The molecule has 3 fully saturated rings. The quantitative estimate of drug-likeness (QED) is 0.198. The zero-order valence-corrected chi connectivity index (χ0v) is 26.5. The molecule has 6 atom stereocenters. The van der Waals surface area contributed by atoms with E-state index in [4.69, 9.17) is 16.3 Å². The predicted molar refractivity (Wildman–Crippen MR) is 174 cm³/mol. The van der Waals surface area contributed by atoms with Crippen molar-refractivity contribution in [1.29, 1.82) is 0 Å². The molecule has 0 spiro atoms. The Balaban J connectivity index is 1.36. The van der Waals surface area contributed by atoms with E-state index in [-0.39, 0.29) is 47.9 Å². The van der Waals surface area contributed by atoms with E-state index in [9.17, 15) is 38.7 Å². The van der Waals surface area contributed by atoms with E-state index < -0.39 is 71.6 Å². The normalized spacial score (nSPS) is 27.9. The first-order valence-corrected chi connectivity index (χ1v) is 16.1. The smallest absolute Gasteiger partial charge is 0.488 e. The fraction of sp³-hybridized carbons (Fsp3) is 0.314. The summed E-state index contributed by atoms with van der Waals surface area (Å²) in [6.45, 7) is 1.44. The molecule has 0 bridgehead atoms. The first-order chi connectivity index (χ1) is 23.0. The van der Waals surface area contributed by atoms with Gasteiger partial charge in [0.25, 0.3) is 0 Å². The van der Waals surface area contributed by atoms with Gasteiger partial charge in [-0.15, -0.1) is 0 Å². The van der Waals surface area contributed by atoms with Gasteiger partial charge in [0, 0.05) is 11.5 Å².